The normalized spacial score (nSPS) is 18.0. The van der Waals surface area contributed by atoms with Gasteiger partial charge in [0.1, 0.15) is 5.69 Å². The van der Waals surface area contributed by atoms with E-state index in [1.807, 2.05) is 38.4 Å². The van der Waals surface area contributed by atoms with E-state index in [4.69, 9.17) is 4.74 Å². The average molecular weight is 482 g/mol. The summed E-state index contributed by atoms with van der Waals surface area (Å²) in [7, 11) is 5.19. The smallest absolute Gasteiger partial charge is 0.354 e. The van der Waals surface area contributed by atoms with E-state index in [1.54, 1.807) is 13.8 Å². The minimum Gasteiger partial charge on any atom is -0.872 e. The topological polar surface area (TPSA) is 107 Å². The number of aromatic nitrogens is 1. The van der Waals surface area contributed by atoms with Gasteiger partial charge in [-0.05, 0) is 41.5 Å². The minimum atomic E-state index is -0.800. The zero-order chi connectivity index (χ0) is 26.2. The summed E-state index contributed by atoms with van der Waals surface area (Å²) in [5.74, 6) is -2.63. The molecule has 0 aliphatic carbocycles. The van der Waals surface area contributed by atoms with E-state index in [1.165, 1.54) is 12.0 Å². The van der Waals surface area contributed by atoms with Crippen molar-refractivity contribution in [3.8, 4) is 0 Å². The summed E-state index contributed by atoms with van der Waals surface area (Å²) in [6.07, 6.45) is 0. The molecule has 2 aromatic rings. The molecule has 1 fully saturated rings. The van der Waals surface area contributed by atoms with E-state index >= 15 is 0 Å². The number of nitrogens with one attached hydrogen (secondary N) is 2. The number of hydrogen-bond donors (Lipinski definition) is 2. The van der Waals surface area contributed by atoms with E-state index in [-0.39, 0.29) is 22.2 Å². The SMILES string of the molecule is COC(=O)c1[nH]c(C)c(C([O-])=C2C(=O)C(=O)N(CC[NH+](C)C)C2c2ccc(C(C)(C)C)cc2)c1C. The quantitative estimate of drug-likeness (QED) is 0.278. The van der Waals surface area contributed by atoms with Crippen molar-refractivity contribution in [2.45, 2.75) is 46.1 Å². The fourth-order valence-electron chi connectivity index (χ4n) is 4.49. The predicted molar refractivity (Wildman–Crippen MR) is 131 cm³/mol. The number of ketones is 1. The molecule has 0 spiro atoms. The molecule has 3 rings (SSSR count). The molecule has 1 aromatic carbocycles. The first kappa shape index (κ1) is 26.2. The summed E-state index contributed by atoms with van der Waals surface area (Å²) in [4.78, 5) is 44.0. The number of ether oxygens (including phenoxy) is 1. The van der Waals surface area contributed by atoms with Gasteiger partial charge in [0.25, 0.3) is 5.91 Å². The van der Waals surface area contributed by atoms with Gasteiger partial charge in [0.15, 0.2) is 0 Å². The number of Topliss-reactive ketones (excluding diaryl/α,β-unsaturated/α-hetero) is 1. The molecule has 2 heterocycles. The lowest BCUT2D eigenvalue weighted by molar-refractivity contribution is -0.857. The van der Waals surface area contributed by atoms with E-state index in [0.717, 1.165) is 10.5 Å². The van der Waals surface area contributed by atoms with E-state index in [2.05, 4.69) is 25.8 Å². The highest BCUT2D eigenvalue weighted by molar-refractivity contribution is 6.46. The van der Waals surface area contributed by atoms with Gasteiger partial charge in [-0.3, -0.25) is 9.59 Å². The molecular formula is C27H35N3O5. The molecule has 8 heteroatoms. The summed E-state index contributed by atoms with van der Waals surface area (Å²) in [5, 5.41) is 13.8. The first-order valence-corrected chi connectivity index (χ1v) is 11.7. The van der Waals surface area contributed by atoms with Gasteiger partial charge in [-0.15, -0.1) is 0 Å². The third kappa shape index (κ3) is 4.89. The molecule has 0 bridgehead atoms. The van der Waals surface area contributed by atoms with Crippen molar-refractivity contribution < 1.29 is 29.1 Å². The van der Waals surface area contributed by atoms with Crippen molar-refractivity contribution >= 4 is 23.4 Å². The number of quaternary nitrogens is 1. The second kappa shape index (κ2) is 9.70. The lowest BCUT2D eigenvalue weighted by atomic mass is 9.85. The van der Waals surface area contributed by atoms with Crippen LogP contribution in [0.4, 0.5) is 0 Å². The van der Waals surface area contributed by atoms with Crippen LogP contribution in [0.2, 0.25) is 0 Å². The standard InChI is InChI=1S/C27H35N3O5/c1-15-19(16(2)28-21(15)26(34)35-8)23(31)20-22(17-9-11-18(12-10-17)27(3,4)5)30(14-13-29(6)7)25(33)24(20)32/h9-12,22,28,31H,13-14H2,1-8H3. The molecule has 1 aliphatic rings. The molecule has 1 atom stereocenters. The van der Waals surface area contributed by atoms with E-state index < -0.39 is 29.5 Å². The highest BCUT2D eigenvalue weighted by atomic mass is 16.5. The molecule has 0 saturated carbocycles. The van der Waals surface area contributed by atoms with Crippen molar-refractivity contribution in [3.05, 3.63) is 63.5 Å². The molecular weight excluding hydrogens is 446 g/mol. The number of esters is 1. The number of rotatable bonds is 6. The second-order valence-corrected chi connectivity index (χ2v) is 10.4. The molecule has 188 valence electrons. The molecule has 1 amide bonds. The van der Waals surface area contributed by atoms with Crippen molar-refractivity contribution in [2.24, 2.45) is 0 Å². The maximum Gasteiger partial charge on any atom is 0.354 e. The van der Waals surface area contributed by atoms with Crippen LogP contribution in [0.25, 0.3) is 5.76 Å². The third-order valence-electron chi connectivity index (χ3n) is 6.53. The van der Waals surface area contributed by atoms with Crippen molar-refractivity contribution in [1.82, 2.24) is 9.88 Å². The lowest BCUT2D eigenvalue weighted by Gasteiger charge is -2.28. The molecule has 1 aliphatic heterocycles. The number of amides is 1. The first-order chi connectivity index (χ1) is 16.3. The Bertz CT molecular complexity index is 1180. The summed E-state index contributed by atoms with van der Waals surface area (Å²) < 4.78 is 4.81. The molecule has 8 nitrogen and oxygen atoms in total. The summed E-state index contributed by atoms with van der Waals surface area (Å²) >= 11 is 0. The molecule has 2 N–H and O–H groups in total. The maximum atomic E-state index is 13.8. The molecule has 0 radical (unpaired) electrons. The monoisotopic (exact) mass is 481 g/mol. The van der Waals surface area contributed by atoms with Gasteiger partial charge in [-0.25, -0.2) is 4.79 Å². The first-order valence-electron chi connectivity index (χ1n) is 11.7. The number of carbonyl (C=O) groups excluding carboxylic acids is 3. The van der Waals surface area contributed by atoms with Crippen LogP contribution in [0, 0.1) is 13.8 Å². The number of likely N-dealkylation sites (N-methyl/N-ethyl adjacent to an activating group) is 1. The highest BCUT2D eigenvalue weighted by Crippen LogP contribution is 2.40. The number of carbonyl (C=O) groups is 3. The predicted octanol–water partition coefficient (Wildman–Crippen LogP) is 1.08. The van der Waals surface area contributed by atoms with Gasteiger partial charge in [-0.1, -0.05) is 50.8 Å². The van der Waals surface area contributed by atoms with E-state index in [0.29, 0.717) is 29.9 Å². The number of benzene rings is 1. The second-order valence-electron chi connectivity index (χ2n) is 10.4. The Labute approximate surface area is 206 Å². The zero-order valence-corrected chi connectivity index (χ0v) is 21.8. The number of H-pyrrole nitrogens is 1. The Hall–Kier alpha value is -3.39. The Morgan fingerprint density at radius 2 is 1.74 bits per heavy atom. The van der Waals surface area contributed by atoms with Gasteiger partial charge in [0.05, 0.1) is 40.3 Å². The van der Waals surface area contributed by atoms with E-state index in [9.17, 15) is 19.5 Å². The molecule has 1 saturated heterocycles. The van der Waals surface area contributed by atoms with Gasteiger partial charge in [0.2, 0.25) is 5.78 Å². The van der Waals surface area contributed by atoms with Gasteiger partial charge in [0, 0.05) is 11.3 Å². The van der Waals surface area contributed by atoms with Crippen LogP contribution >= 0.6 is 0 Å². The van der Waals surface area contributed by atoms with Gasteiger partial charge in [-0.2, -0.15) is 0 Å². The Balaban J connectivity index is 2.22. The Morgan fingerprint density at radius 1 is 1.14 bits per heavy atom. The minimum absolute atomic E-state index is 0.0696. The highest BCUT2D eigenvalue weighted by Gasteiger charge is 2.44. The van der Waals surface area contributed by atoms with Crippen LogP contribution in [-0.2, 0) is 19.7 Å². The van der Waals surface area contributed by atoms with Crippen molar-refractivity contribution in [1.29, 1.82) is 0 Å². The Kier molecular flexibility index (Phi) is 7.26. The fraction of sp³-hybridized carbons (Fsp3) is 0.444. The third-order valence-corrected chi connectivity index (χ3v) is 6.53. The summed E-state index contributed by atoms with van der Waals surface area (Å²) in [5.41, 5.74) is 2.86. The molecule has 1 aromatic heterocycles. The number of methoxy groups -OCH3 is 1. The lowest BCUT2D eigenvalue weighted by Crippen LogP contribution is -3.06. The number of hydrogen-bond acceptors (Lipinski definition) is 5. The van der Waals surface area contributed by atoms with Gasteiger partial charge >= 0.3 is 5.97 Å². The number of nitrogens with zero attached hydrogens (tertiary/aromatic N) is 1. The maximum absolute atomic E-state index is 13.8. The van der Waals surface area contributed by atoms with Crippen molar-refractivity contribution in [2.75, 3.05) is 34.3 Å². The largest absolute Gasteiger partial charge is 0.872 e. The number of aryl methyl sites for hydroxylation is 1. The number of aromatic amines is 1. The van der Waals surface area contributed by atoms with Gasteiger partial charge < -0.3 is 24.6 Å². The molecule has 1 unspecified atom stereocenters. The van der Waals surface area contributed by atoms with Crippen LogP contribution < -0.4 is 10.0 Å². The van der Waals surface area contributed by atoms with Crippen LogP contribution in [0.1, 0.15) is 65.2 Å². The van der Waals surface area contributed by atoms with Crippen LogP contribution in [0.15, 0.2) is 29.8 Å². The van der Waals surface area contributed by atoms with Crippen LogP contribution in [-0.4, -0.2) is 61.8 Å². The summed E-state index contributed by atoms with van der Waals surface area (Å²) in [6, 6.07) is 6.92. The fourth-order valence-corrected chi connectivity index (χ4v) is 4.49. The average Bonchev–Trinajstić information content (AvgIpc) is 3.23. The summed E-state index contributed by atoms with van der Waals surface area (Å²) in [6.45, 7) is 10.6. The van der Waals surface area contributed by atoms with Crippen LogP contribution in [0.5, 0.6) is 0 Å². The zero-order valence-electron chi connectivity index (χ0n) is 21.8. The Morgan fingerprint density at radius 3 is 2.26 bits per heavy atom. The van der Waals surface area contributed by atoms with Crippen molar-refractivity contribution in [3.63, 3.8) is 0 Å². The molecule has 35 heavy (non-hydrogen) atoms. The van der Waals surface area contributed by atoms with Crippen LogP contribution in [0.3, 0.4) is 0 Å². The number of likely N-dealkylation sites (tertiary alicyclic amines) is 1.